The molecule has 34 heavy (non-hydrogen) atoms. The van der Waals surface area contributed by atoms with Crippen LogP contribution in [0.4, 0.5) is 0 Å². The number of Topliss-reactive ketones (excluding diaryl/α,β-unsaturated/α-hetero) is 1. The number of thiophene rings is 1. The lowest BCUT2D eigenvalue weighted by Crippen LogP contribution is -2.50. The van der Waals surface area contributed by atoms with E-state index in [1.807, 2.05) is 45.2 Å². The highest BCUT2D eigenvalue weighted by Crippen LogP contribution is 2.33. The minimum atomic E-state index is -1.23. The summed E-state index contributed by atoms with van der Waals surface area (Å²) in [6, 6.07) is 12.2. The fourth-order valence-electron chi connectivity index (χ4n) is 3.83. The van der Waals surface area contributed by atoms with Gasteiger partial charge in [0.25, 0.3) is 5.91 Å². The van der Waals surface area contributed by atoms with Crippen LogP contribution in [-0.2, 0) is 0 Å². The van der Waals surface area contributed by atoms with Gasteiger partial charge in [-0.15, -0.1) is 11.3 Å². The maximum Gasteiger partial charge on any atom is 0.252 e. The van der Waals surface area contributed by atoms with Crippen LogP contribution < -0.4 is 15.8 Å². The Hall–Kier alpha value is -3.45. The summed E-state index contributed by atoms with van der Waals surface area (Å²) in [4.78, 5) is 39.9. The van der Waals surface area contributed by atoms with Crippen molar-refractivity contribution in [1.29, 1.82) is 0 Å². The fraction of sp³-hybridized carbons (Fsp3) is 0.296. The highest BCUT2D eigenvalue weighted by atomic mass is 32.1. The Bertz CT molecular complexity index is 1260. The van der Waals surface area contributed by atoms with Crippen molar-refractivity contribution in [3.05, 3.63) is 75.7 Å². The molecule has 178 valence electrons. The molecule has 1 heterocycles. The molecular formula is C27H30N2O4S. The van der Waals surface area contributed by atoms with Gasteiger partial charge in [-0.2, -0.15) is 0 Å². The number of rotatable bonds is 8. The number of nitrogens with one attached hydrogen (secondary N) is 1. The zero-order valence-corrected chi connectivity index (χ0v) is 21.1. The number of amides is 2. The number of ether oxygens (including phenoxy) is 1. The van der Waals surface area contributed by atoms with Gasteiger partial charge in [-0.3, -0.25) is 14.4 Å². The molecule has 0 saturated carbocycles. The SMILES string of the molecule is Cc1cc(OC(C)C)ccc1C(=O)C(C)(C)NC(=O)c1cccc(-c2sccc2C)c1C(N)=O. The van der Waals surface area contributed by atoms with Crippen LogP contribution in [-0.4, -0.2) is 29.2 Å². The van der Waals surface area contributed by atoms with Gasteiger partial charge in [0, 0.05) is 16.0 Å². The molecule has 0 saturated heterocycles. The molecule has 0 spiro atoms. The first-order chi connectivity index (χ1) is 15.9. The smallest absolute Gasteiger partial charge is 0.252 e. The minimum Gasteiger partial charge on any atom is -0.491 e. The van der Waals surface area contributed by atoms with Crippen LogP contribution in [0.15, 0.2) is 47.8 Å². The van der Waals surface area contributed by atoms with E-state index < -0.39 is 17.4 Å². The number of hydrogen-bond acceptors (Lipinski definition) is 5. The first-order valence-electron chi connectivity index (χ1n) is 11.0. The first kappa shape index (κ1) is 25.2. The molecule has 0 aliphatic carbocycles. The molecule has 0 unspecified atom stereocenters. The van der Waals surface area contributed by atoms with Crippen molar-refractivity contribution in [2.75, 3.05) is 0 Å². The highest BCUT2D eigenvalue weighted by Gasteiger charge is 2.33. The van der Waals surface area contributed by atoms with Crippen LogP contribution in [0.3, 0.4) is 0 Å². The van der Waals surface area contributed by atoms with Gasteiger partial charge >= 0.3 is 0 Å². The Balaban J connectivity index is 1.93. The molecule has 2 amide bonds. The van der Waals surface area contributed by atoms with E-state index in [9.17, 15) is 14.4 Å². The number of carbonyl (C=O) groups is 3. The highest BCUT2D eigenvalue weighted by molar-refractivity contribution is 7.13. The van der Waals surface area contributed by atoms with E-state index in [0.29, 0.717) is 16.9 Å². The van der Waals surface area contributed by atoms with Crippen LogP contribution in [0.2, 0.25) is 0 Å². The molecule has 0 atom stereocenters. The van der Waals surface area contributed by atoms with Crippen molar-refractivity contribution in [2.45, 2.75) is 53.2 Å². The summed E-state index contributed by atoms with van der Waals surface area (Å²) in [5.74, 6) is -0.812. The van der Waals surface area contributed by atoms with Gasteiger partial charge in [0.2, 0.25) is 5.91 Å². The second kappa shape index (κ2) is 9.81. The van der Waals surface area contributed by atoms with Crippen molar-refractivity contribution >= 4 is 28.9 Å². The Labute approximate surface area is 204 Å². The molecule has 6 nitrogen and oxygen atoms in total. The zero-order chi connectivity index (χ0) is 25.2. The second-order valence-corrected chi connectivity index (χ2v) is 9.99. The molecule has 3 N–H and O–H groups in total. The van der Waals surface area contributed by atoms with Gasteiger partial charge in [-0.1, -0.05) is 12.1 Å². The van der Waals surface area contributed by atoms with Crippen LogP contribution >= 0.6 is 11.3 Å². The zero-order valence-electron chi connectivity index (χ0n) is 20.3. The first-order valence-corrected chi connectivity index (χ1v) is 11.9. The Kier molecular flexibility index (Phi) is 7.26. The van der Waals surface area contributed by atoms with E-state index in [-0.39, 0.29) is 23.0 Å². The van der Waals surface area contributed by atoms with E-state index in [0.717, 1.165) is 16.0 Å². The summed E-state index contributed by atoms with van der Waals surface area (Å²) in [6.07, 6.45) is 0.0184. The average Bonchev–Trinajstić information content (AvgIpc) is 3.17. The van der Waals surface area contributed by atoms with E-state index in [1.165, 1.54) is 11.3 Å². The molecule has 3 rings (SSSR count). The molecule has 0 radical (unpaired) electrons. The van der Waals surface area contributed by atoms with Crippen LogP contribution in [0.25, 0.3) is 10.4 Å². The quantitative estimate of drug-likeness (QED) is 0.429. The summed E-state index contributed by atoms with van der Waals surface area (Å²) in [5, 5.41) is 4.72. The van der Waals surface area contributed by atoms with Gasteiger partial charge in [0.05, 0.1) is 22.8 Å². The number of aryl methyl sites for hydroxylation is 2. The standard InChI is InChI=1S/C27H30N2O4S/c1-15(2)33-18-10-11-19(17(4)14-18)24(30)27(5,6)29-26(32)21-9-7-8-20(22(21)25(28)31)23-16(3)12-13-34-23/h7-15H,1-6H3,(H2,28,31)(H,29,32). The molecular weight excluding hydrogens is 448 g/mol. The van der Waals surface area contributed by atoms with Crippen molar-refractivity contribution in [2.24, 2.45) is 5.73 Å². The second-order valence-electron chi connectivity index (χ2n) is 9.08. The number of primary amides is 1. The summed E-state index contributed by atoms with van der Waals surface area (Å²) in [6.45, 7) is 10.9. The third-order valence-electron chi connectivity index (χ3n) is 5.47. The predicted octanol–water partition coefficient (Wildman–Crippen LogP) is 5.31. The lowest BCUT2D eigenvalue weighted by molar-refractivity contribution is 0.0796. The van der Waals surface area contributed by atoms with E-state index >= 15 is 0 Å². The number of benzene rings is 2. The number of nitrogens with two attached hydrogens (primary N) is 1. The maximum atomic E-state index is 13.4. The molecule has 0 aliphatic heterocycles. The van der Waals surface area contributed by atoms with Crippen molar-refractivity contribution in [3.8, 4) is 16.2 Å². The molecule has 0 fully saturated rings. The third kappa shape index (κ3) is 5.20. The molecule has 7 heteroatoms. The van der Waals surface area contributed by atoms with E-state index in [1.54, 1.807) is 44.2 Å². The minimum absolute atomic E-state index is 0.0184. The van der Waals surface area contributed by atoms with Gasteiger partial charge in [-0.05, 0) is 88.4 Å². The molecule has 2 aromatic carbocycles. The monoisotopic (exact) mass is 478 g/mol. The Morgan fingerprint density at radius 1 is 1.00 bits per heavy atom. The summed E-state index contributed by atoms with van der Waals surface area (Å²) < 4.78 is 5.70. The van der Waals surface area contributed by atoms with Gasteiger partial charge in [0.15, 0.2) is 5.78 Å². The number of hydrogen-bond donors (Lipinski definition) is 2. The van der Waals surface area contributed by atoms with Crippen molar-refractivity contribution in [1.82, 2.24) is 5.32 Å². The summed E-state index contributed by atoms with van der Waals surface area (Å²) in [5.41, 5.74) is 7.57. The Morgan fingerprint density at radius 2 is 1.71 bits per heavy atom. The topological polar surface area (TPSA) is 98.5 Å². The lowest BCUT2D eigenvalue weighted by atomic mass is 9.89. The van der Waals surface area contributed by atoms with Gasteiger partial charge in [0.1, 0.15) is 5.75 Å². The van der Waals surface area contributed by atoms with Gasteiger partial charge < -0.3 is 15.8 Å². The summed E-state index contributed by atoms with van der Waals surface area (Å²) >= 11 is 1.47. The summed E-state index contributed by atoms with van der Waals surface area (Å²) in [7, 11) is 0. The molecule has 3 aromatic rings. The van der Waals surface area contributed by atoms with Crippen LogP contribution in [0.1, 0.15) is 69.9 Å². The lowest BCUT2D eigenvalue weighted by Gasteiger charge is -2.26. The average molecular weight is 479 g/mol. The normalized spacial score (nSPS) is 11.4. The van der Waals surface area contributed by atoms with E-state index in [2.05, 4.69) is 5.32 Å². The molecule has 1 aromatic heterocycles. The van der Waals surface area contributed by atoms with Crippen LogP contribution in [0, 0.1) is 13.8 Å². The predicted molar refractivity (Wildman–Crippen MR) is 136 cm³/mol. The fourth-order valence-corrected chi connectivity index (χ4v) is 4.79. The molecule has 0 aliphatic rings. The maximum absolute atomic E-state index is 13.4. The van der Waals surface area contributed by atoms with Crippen molar-refractivity contribution in [3.63, 3.8) is 0 Å². The number of ketones is 1. The third-order valence-corrected chi connectivity index (χ3v) is 6.52. The molecule has 0 bridgehead atoms. The largest absolute Gasteiger partial charge is 0.491 e. The van der Waals surface area contributed by atoms with E-state index in [4.69, 9.17) is 10.5 Å². The van der Waals surface area contributed by atoms with Crippen molar-refractivity contribution < 1.29 is 19.1 Å². The van der Waals surface area contributed by atoms with Gasteiger partial charge in [-0.25, -0.2) is 0 Å². The Morgan fingerprint density at radius 3 is 2.26 bits per heavy atom. The number of carbonyl (C=O) groups excluding carboxylic acids is 3. The van der Waals surface area contributed by atoms with Crippen LogP contribution in [0.5, 0.6) is 5.75 Å².